The van der Waals surface area contributed by atoms with Crippen LogP contribution in [-0.2, 0) is 0 Å². The third-order valence-electron chi connectivity index (χ3n) is 3.65. The summed E-state index contributed by atoms with van der Waals surface area (Å²) in [6, 6.07) is 0.704. The highest BCUT2D eigenvalue weighted by Crippen LogP contribution is 2.38. The van der Waals surface area contributed by atoms with Crippen LogP contribution in [0.3, 0.4) is 0 Å². The summed E-state index contributed by atoms with van der Waals surface area (Å²) in [4.78, 5) is 0. The van der Waals surface area contributed by atoms with Gasteiger partial charge in [0.1, 0.15) is 0 Å². The molecule has 2 saturated carbocycles. The molecule has 2 aliphatic carbocycles. The fourth-order valence-corrected chi connectivity index (χ4v) is 4.28. The Morgan fingerprint density at radius 2 is 2.12 bits per heavy atom. The highest BCUT2D eigenvalue weighted by atomic mass is 32.2. The second kappa shape index (κ2) is 5.28. The molecule has 0 saturated heterocycles. The fourth-order valence-electron chi connectivity index (χ4n) is 2.79. The minimum Gasteiger partial charge on any atom is -0.394 e. The van der Waals surface area contributed by atoms with Gasteiger partial charge in [-0.25, -0.2) is 0 Å². The molecule has 0 aliphatic heterocycles. The lowest BCUT2D eigenvalue weighted by atomic mass is 9.82. The molecule has 2 N–H and O–H groups in total. The topological polar surface area (TPSA) is 32.3 Å². The lowest BCUT2D eigenvalue weighted by Crippen LogP contribution is -2.53. The van der Waals surface area contributed by atoms with Gasteiger partial charge in [-0.1, -0.05) is 20.3 Å². The molecule has 16 heavy (non-hydrogen) atoms. The molecule has 0 aromatic carbocycles. The van der Waals surface area contributed by atoms with E-state index in [0.717, 1.165) is 18.1 Å². The van der Waals surface area contributed by atoms with Crippen LogP contribution in [0, 0.1) is 0 Å². The number of hydrogen-bond donors (Lipinski definition) is 2. The average Bonchev–Trinajstić information content (AvgIpc) is 3.01. The first-order chi connectivity index (χ1) is 7.63. The lowest BCUT2D eigenvalue weighted by Gasteiger charge is -2.41. The standard InChI is InChI=1S/C13H25NOS/c1-10(2)16-12-4-3-7-13(8-12,9-15)14-11-5-6-11/h10-12,14-15H,3-9H2,1-2H3. The van der Waals surface area contributed by atoms with Crippen LogP contribution < -0.4 is 5.32 Å². The maximum Gasteiger partial charge on any atom is 0.0613 e. The Balaban J connectivity index is 1.90. The first kappa shape index (κ1) is 12.7. The highest BCUT2D eigenvalue weighted by Gasteiger charge is 2.39. The van der Waals surface area contributed by atoms with Crippen molar-refractivity contribution in [2.75, 3.05) is 6.61 Å². The summed E-state index contributed by atoms with van der Waals surface area (Å²) < 4.78 is 0. The van der Waals surface area contributed by atoms with Gasteiger partial charge in [0.05, 0.1) is 6.61 Å². The van der Waals surface area contributed by atoms with E-state index in [1.807, 2.05) is 0 Å². The zero-order valence-corrected chi connectivity index (χ0v) is 11.4. The SMILES string of the molecule is CC(C)SC1CCCC(CO)(NC2CC2)C1. The molecule has 2 aliphatic rings. The number of thioether (sulfide) groups is 1. The number of nitrogens with one attached hydrogen (secondary N) is 1. The molecule has 0 aromatic rings. The average molecular weight is 243 g/mol. The molecule has 2 unspecified atom stereocenters. The zero-order valence-electron chi connectivity index (χ0n) is 10.5. The van der Waals surface area contributed by atoms with E-state index in [2.05, 4.69) is 30.9 Å². The molecule has 2 rings (SSSR count). The molecule has 0 bridgehead atoms. The number of aliphatic hydroxyl groups excluding tert-OH is 1. The van der Waals surface area contributed by atoms with Gasteiger partial charge in [0.25, 0.3) is 0 Å². The molecule has 94 valence electrons. The van der Waals surface area contributed by atoms with Crippen molar-refractivity contribution >= 4 is 11.8 Å². The summed E-state index contributed by atoms with van der Waals surface area (Å²) >= 11 is 2.09. The molecule has 0 heterocycles. The van der Waals surface area contributed by atoms with Crippen LogP contribution in [0.5, 0.6) is 0 Å². The Morgan fingerprint density at radius 3 is 2.69 bits per heavy atom. The van der Waals surface area contributed by atoms with Crippen molar-refractivity contribution in [3.8, 4) is 0 Å². The number of hydrogen-bond acceptors (Lipinski definition) is 3. The predicted octanol–water partition coefficient (Wildman–Crippen LogP) is 2.55. The van der Waals surface area contributed by atoms with E-state index in [4.69, 9.17) is 0 Å². The van der Waals surface area contributed by atoms with Gasteiger partial charge in [0.15, 0.2) is 0 Å². The first-order valence-corrected chi connectivity index (χ1v) is 7.62. The number of rotatable bonds is 5. The van der Waals surface area contributed by atoms with E-state index in [-0.39, 0.29) is 5.54 Å². The van der Waals surface area contributed by atoms with Crippen LogP contribution in [0.4, 0.5) is 0 Å². The lowest BCUT2D eigenvalue weighted by molar-refractivity contribution is 0.121. The van der Waals surface area contributed by atoms with Gasteiger partial charge in [0, 0.05) is 16.8 Å². The molecule has 0 amide bonds. The second-order valence-electron chi connectivity index (χ2n) is 5.76. The third kappa shape index (κ3) is 3.38. The van der Waals surface area contributed by atoms with E-state index in [0.29, 0.717) is 17.9 Å². The monoisotopic (exact) mass is 243 g/mol. The van der Waals surface area contributed by atoms with Gasteiger partial charge in [0.2, 0.25) is 0 Å². The van der Waals surface area contributed by atoms with Gasteiger partial charge in [-0.2, -0.15) is 11.8 Å². The Bertz CT molecular complexity index is 230. The summed E-state index contributed by atoms with van der Waals surface area (Å²) in [5.41, 5.74) is 0.0476. The molecule has 0 radical (unpaired) electrons. The molecule has 0 spiro atoms. The minimum absolute atomic E-state index is 0.0476. The molecule has 2 fully saturated rings. The molecule has 3 heteroatoms. The van der Waals surface area contributed by atoms with Crippen LogP contribution >= 0.6 is 11.8 Å². The van der Waals surface area contributed by atoms with Crippen molar-refractivity contribution in [3.63, 3.8) is 0 Å². The Labute approximate surface area is 104 Å². The number of aliphatic hydroxyl groups is 1. The highest BCUT2D eigenvalue weighted by molar-refractivity contribution is 8.00. The quantitative estimate of drug-likeness (QED) is 0.778. The van der Waals surface area contributed by atoms with Gasteiger partial charge < -0.3 is 10.4 Å². The van der Waals surface area contributed by atoms with Crippen molar-refractivity contribution in [2.24, 2.45) is 0 Å². The van der Waals surface area contributed by atoms with Gasteiger partial charge in [-0.05, 0) is 37.4 Å². The van der Waals surface area contributed by atoms with Gasteiger partial charge >= 0.3 is 0 Å². The van der Waals surface area contributed by atoms with Crippen LogP contribution in [0.25, 0.3) is 0 Å². The molecular weight excluding hydrogens is 218 g/mol. The van der Waals surface area contributed by atoms with E-state index in [9.17, 15) is 5.11 Å². The zero-order chi connectivity index (χ0) is 11.6. The largest absolute Gasteiger partial charge is 0.394 e. The van der Waals surface area contributed by atoms with Crippen LogP contribution in [0.1, 0.15) is 52.4 Å². The molecule has 2 nitrogen and oxygen atoms in total. The van der Waals surface area contributed by atoms with Crippen LogP contribution in [0.2, 0.25) is 0 Å². The van der Waals surface area contributed by atoms with Crippen LogP contribution in [-0.4, -0.2) is 33.8 Å². The smallest absolute Gasteiger partial charge is 0.0613 e. The van der Waals surface area contributed by atoms with Gasteiger partial charge in [-0.15, -0.1) is 0 Å². The predicted molar refractivity (Wildman–Crippen MR) is 71.0 cm³/mol. The summed E-state index contributed by atoms with van der Waals surface area (Å²) in [5.74, 6) is 0. The molecule has 0 aromatic heterocycles. The summed E-state index contributed by atoms with van der Waals surface area (Å²) in [6.45, 7) is 4.86. The third-order valence-corrected chi connectivity index (χ3v) is 4.99. The molecule has 2 atom stereocenters. The van der Waals surface area contributed by atoms with Crippen molar-refractivity contribution in [1.29, 1.82) is 0 Å². The fraction of sp³-hybridized carbons (Fsp3) is 1.00. The van der Waals surface area contributed by atoms with Crippen molar-refractivity contribution in [2.45, 2.75) is 74.5 Å². The summed E-state index contributed by atoms with van der Waals surface area (Å²) in [5, 5.41) is 14.8. The van der Waals surface area contributed by atoms with Crippen LogP contribution in [0.15, 0.2) is 0 Å². The Morgan fingerprint density at radius 1 is 1.38 bits per heavy atom. The minimum atomic E-state index is 0.0476. The Kier molecular flexibility index (Phi) is 4.20. The van der Waals surface area contributed by atoms with Crippen molar-refractivity contribution < 1.29 is 5.11 Å². The maximum absolute atomic E-state index is 9.70. The van der Waals surface area contributed by atoms with E-state index >= 15 is 0 Å². The van der Waals surface area contributed by atoms with E-state index < -0.39 is 0 Å². The van der Waals surface area contributed by atoms with Gasteiger partial charge in [-0.3, -0.25) is 0 Å². The molecular formula is C13H25NOS. The summed E-state index contributed by atoms with van der Waals surface area (Å²) in [7, 11) is 0. The second-order valence-corrected chi connectivity index (χ2v) is 7.64. The normalized spacial score (nSPS) is 35.6. The summed E-state index contributed by atoms with van der Waals surface area (Å²) in [6.07, 6.45) is 7.53. The maximum atomic E-state index is 9.70. The van der Waals surface area contributed by atoms with Crippen molar-refractivity contribution in [3.05, 3.63) is 0 Å². The van der Waals surface area contributed by atoms with E-state index in [1.165, 1.54) is 25.7 Å². The first-order valence-electron chi connectivity index (χ1n) is 6.67. The van der Waals surface area contributed by atoms with E-state index in [1.54, 1.807) is 0 Å². The van der Waals surface area contributed by atoms with Crippen molar-refractivity contribution in [1.82, 2.24) is 5.32 Å². The Hall–Kier alpha value is 0.270.